The monoisotopic (exact) mass is 322 g/mol. The number of thioether (sulfide) groups is 1. The molecule has 1 aliphatic rings. The van der Waals surface area contributed by atoms with Gasteiger partial charge in [0.15, 0.2) is 0 Å². The molecule has 0 saturated heterocycles. The maximum absolute atomic E-state index is 12.4. The van der Waals surface area contributed by atoms with Gasteiger partial charge in [0.1, 0.15) is 5.41 Å². The predicted octanol–water partition coefficient (Wildman–Crippen LogP) is -1.11. The van der Waals surface area contributed by atoms with Crippen molar-refractivity contribution in [2.45, 2.75) is 32.4 Å². The number of carbonyl (C=O) groups excluding carboxylic acids is 2. The van der Waals surface area contributed by atoms with Gasteiger partial charge < -0.3 is 17.9 Å². The van der Waals surface area contributed by atoms with Crippen molar-refractivity contribution in [3.63, 3.8) is 0 Å². The van der Waals surface area contributed by atoms with Crippen LogP contribution in [0.2, 0.25) is 0 Å². The molecule has 1 N–H and O–H groups in total. The van der Waals surface area contributed by atoms with Gasteiger partial charge in [-0.05, 0) is 17.5 Å². The Kier molecular flexibility index (Phi) is 8.59. The molecule has 0 bridgehead atoms. The van der Waals surface area contributed by atoms with E-state index in [-0.39, 0.29) is 51.8 Å². The fourth-order valence-electron chi connectivity index (χ4n) is 2.23. The predicted molar refractivity (Wildman–Crippen MR) is 82.0 cm³/mol. The van der Waals surface area contributed by atoms with Crippen molar-refractivity contribution >= 4 is 41.4 Å². The summed E-state index contributed by atoms with van der Waals surface area (Å²) in [7, 11) is 0. The Morgan fingerprint density at radius 1 is 1.45 bits per heavy atom. The Labute approximate surface area is 152 Å². The third kappa shape index (κ3) is 4.31. The van der Waals surface area contributed by atoms with Crippen LogP contribution in [0, 0.1) is 11.3 Å². The fraction of sp³-hybridized carbons (Fsp3) is 0.615. The molecule has 1 aliphatic heterocycles. The number of aliphatic imine (C=N–C) groups is 1. The third-order valence-electron chi connectivity index (χ3n) is 3.10. The normalized spacial score (nSPS) is 23.7. The van der Waals surface area contributed by atoms with Crippen molar-refractivity contribution in [3.05, 3.63) is 12.7 Å². The SMILES string of the molecule is C=CCSC(C)C1(CC(C)C)C(=O)N=C([S-])NC1=O.[Na+]. The first-order valence-electron chi connectivity index (χ1n) is 6.18. The van der Waals surface area contributed by atoms with Crippen LogP contribution in [0.5, 0.6) is 0 Å². The minimum Gasteiger partial charge on any atom is -0.742 e. The Morgan fingerprint density at radius 2 is 2.05 bits per heavy atom. The first-order chi connectivity index (χ1) is 8.84. The van der Waals surface area contributed by atoms with Gasteiger partial charge in [0.2, 0.25) is 5.91 Å². The summed E-state index contributed by atoms with van der Waals surface area (Å²) in [6.07, 6.45) is 2.23. The number of hydrogen-bond donors (Lipinski definition) is 1. The molecule has 1 rings (SSSR count). The van der Waals surface area contributed by atoms with Crippen molar-refractivity contribution in [1.82, 2.24) is 5.32 Å². The standard InChI is InChI=1S/C13H20N2O2S2.Na/c1-5-6-19-9(4)13(7-8(2)3)10(16)14-12(18)15-11(13)17;/h5,8-9H,1,6-7H2,2-4H3,(H2,14,15,16,17,18);/q;+1/p-1. The Bertz CT molecular complexity index is 427. The first-order valence-corrected chi connectivity index (χ1v) is 7.64. The van der Waals surface area contributed by atoms with Crippen molar-refractivity contribution in [2.75, 3.05) is 5.75 Å². The molecule has 0 aromatic carbocycles. The second-order valence-corrected chi connectivity index (χ2v) is 6.77. The zero-order valence-electron chi connectivity index (χ0n) is 12.4. The summed E-state index contributed by atoms with van der Waals surface area (Å²) < 4.78 is 0. The third-order valence-corrected chi connectivity index (χ3v) is 4.62. The van der Waals surface area contributed by atoms with Gasteiger partial charge in [-0.3, -0.25) is 9.59 Å². The summed E-state index contributed by atoms with van der Waals surface area (Å²) in [5, 5.41) is 2.32. The topological polar surface area (TPSA) is 58.5 Å². The van der Waals surface area contributed by atoms with Crippen molar-refractivity contribution in [3.8, 4) is 0 Å². The number of hydrogen-bond acceptors (Lipinski definition) is 4. The molecule has 1 heterocycles. The first kappa shape index (κ1) is 20.1. The van der Waals surface area contributed by atoms with Gasteiger partial charge in [-0.1, -0.05) is 26.8 Å². The summed E-state index contributed by atoms with van der Waals surface area (Å²) in [6.45, 7) is 9.52. The van der Waals surface area contributed by atoms with E-state index in [0.29, 0.717) is 12.2 Å². The molecule has 0 aromatic rings. The quantitative estimate of drug-likeness (QED) is 0.292. The van der Waals surface area contributed by atoms with E-state index >= 15 is 0 Å². The van der Waals surface area contributed by atoms with E-state index in [1.54, 1.807) is 6.08 Å². The number of rotatable bonds is 6. The molecule has 0 fully saturated rings. The van der Waals surface area contributed by atoms with E-state index in [1.165, 1.54) is 11.8 Å². The molecular formula is C13H19N2NaO2S2. The minimum atomic E-state index is -1.12. The van der Waals surface area contributed by atoms with Crippen LogP contribution in [0.3, 0.4) is 0 Å². The van der Waals surface area contributed by atoms with Crippen LogP contribution in [0.15, 0.2) is 17.6 Å². The second-order valence-electron chi connectivity index (χ2n) is 5.01. The van der Waals surface area contributed by atoms with Crippen LogP contribution in [0.25, 0.3) is 0 Å². The Morgan fingerprint density at radius 3 is 2.50 bits per heavy atom. The summed E-state index contributed by atoms with van der Waals surface area (Å²) in [5.74, 6) is 0.157. The molecule has 0 aromatic heterocycles. The van der Waals surface area contributed by atoms with Crippen LogP contribution in [0.4, 0.5) is 0 Å². The average Bonchev–Trinajstić information content (AvgIpc) is 2.30. The van der Waals surface area contributed by atoms with Crippen LogP contribution >= 0.6 is 11.8 Å². The average molecular weight is 322 g/mol. The molecular weight excluding hydrogens is 303 g/mol. The molecule has 2 amide bonds. The van der Waals surface area contributed by atoms with Gasteiger partial charge >= 0.3 is 29.6 Å². The van der Waals surface area contributed by atoms with Gasteiger partial charge in [0, 0.05) is 11.0 Å². The largest absolute Gasteiger partial charge is 1.00 e. The number of nitrogens with zero attached hydrogens (tertiary/aromatic N) is 1. The van der Waals surface area contributed by atoms with E-state index in [2.05, 4.69) is 16.9 Å². The summed E-state index contributed by atoms with van der Waals surface area (Å²) in [4.78, 5) is 28.5. The zero-order valence-corrected chi connectivity index (χ0v) is 16.1. The molecule has 2 atom stereocenters. The van der Waals surface area contributed by atoms with Gasteiger partial charge in [-0.25, -0.2) is 4.99 Å². The maximum Gasteiger partial charge on any atom is 1.00 e. The Balaban J connectivity index is 0.00000361. The zero-order chi connectivity index (χ0) is 14.6. The fourth-order valence-corrected chi connectivity index (χ4v) is 3.42. The molecule has 0 saturated carbocycles. The van der Waals surface area contributed by atoms with E-state index in [4.69, 9.17) is 12.6 Å². The van der Waals surface area contributed by atoms with Crippen molar-refractivity contribution < 1.29 is 39.1 Å². The van der Waals surface area contributed by atoms with E-state index in [9.17, 15) is 9.59 Å². The second kappa shape index (κ2) is 8.54. The maximum atomic E-state index is 12.4. The summed E-state index contributed by atoms with van der Waals surface area (Å²) >= 11 is 6.34. The van der Waals surface area contributed by atoms with Gasteiger partial charge in [-0.15, -0.1) is 6.58 Å². The van der Waals surface area contributed by atoms with E-state index < -0.39 is 11.3 Å². The van der Waals surface area contributed by atoms with Crippen LogP contribution in [0.1, 0.15) is 27.2 Å². The number of amides is 2. The smallest absolute Gasteiger partial charge is 0.742 e. The molecule has 0 radical (unpaired) electrons. The van der Waals surface area contributed by atoms with Crippen LogP contribution in [-0.2, 0) is 22.2 Å². The number of nitrogens with one attached hydrogen (secondary N) is 1. The minimum absolute atomic E-state index is 0. The molecule has 7 heteroatoms. The van der Waals surface area contributed by atoms with Crippen molar-refractivity contribution in [2.24, 2.45) is 16.3 Å². The molecule has 106 valence electrons. The van der Waals surface area contributed by atoms with Crippen LogP contribution in [-0.4, -0.2) is 28.0 Å². The van der Waals surface area contributed by atoms with Crippen LogP contribution < -0.4 is 34.9 Å². The van der Waals surface area contributed by atoms with Crippen molar-refractivity contribution in [1.29, 1.82) is 0 Å². The molecule has 4 nitrogen and oxygen atoms in total. The number of amidine groups is 1. The van der Waals surface area contributed by atoms with E-state index in [0.717, 1.165) is 0 Å². The molecule has 20 heavy (non-hydrogen) atoms. The summed E-state index contributed by atoms with van der Waals surface area (Å²) in [5.41, 5.74) is -1.12. The molecule has 2 unspecified atom stereocenters. The van der Waals surface area contributed by atoms with Gasteiger partial charge in [0.05, 0.1) is 0 Å². The molecule has 0 aliphatic carbocycles. The summed E-state index contributed by atoms with van der Waals surface area (Å²) in [6, 6.07) is 0. The number of carbonyl (C=O) groups is 2. The van der Waals surface area contributed by atoms with Gasteiger partial charge in [-0.2, -0.15) is 11.8 Å². The Hall–Kier alpha value is 0.120. The van der Waals surface area contributed by atoms with E-state index in [1.807, 2.05) is 20.8 Å². The molecule has 0 spiro atoms. The van der Waals surface area contributed by atoms with Gasteiger partial charge in [0.25, 0.3) is 5.91 Å².